The Morgan fingerprint density at radius 1 is 0.368 bits per heavy atom. The van der Waals surface area contributed by atoms with Crippen molar-refractivity contribution in [3.63, 3.8) is 0 Å². The minimum absolute atomic E-state index is 0.000416. The number of ether oxygens (including phenoxy) is 11. The van der Waals surface area contributed by atoms with Gasteiger partial charge >= 0.3 is 17.9 Å². The van der Waals surface area contributed by atoms with Crippen LogP contribution in [0.3, 0.4) is 0 Å². The van der Waals surface area contributed by atoms with Gasteiger partial charge in [-0.15, -0.1) is 0 Å². The van der Waals surface area contributed by atoms with Crippen LogP contribution in [0.5, 0.6) is 0 Å². The third-order valence-corrected chi connectivity index (χ3v) is 12.8. The summed E-state index contributed by atoms with van der Waals surface area (Å²) in [5.41, 5.74) is 4.27. The summed E-state index contributed by atoms with van der Waals surface area (Å²) < 4.78 is 72.9. The Hall–Kier alpha value is -7.37. The van der Waals surface area contributed by atoms with Crippen molar-refractivity contribution in [1.82, 2.24) is 0 Å². The van der Waals surface area contributed by atoms with Crippen molar-refractivity contribution in [2.24, 2.45) is 0 Å². The second-order valence-electron chi connectivity index (χ2n) is 18.1. The molecular formula is C62H60O14. The van der Waals surface area contributed by atoms with Crippen LogP contribution in [-0.4, -0.2) is 99.6 Å². The minimum Gasteiger partial charge on any atom is -0.459 e. The number of methoxy groups -OCH3 is 1. The molecule has 0 aliphatic carbocycles. The lowest BCUT2D eigenvalue weighted by Gasteiger charge is -2.49. The topological polar surface area (TPSA) is 153 Å². The number of carbonyl (C=O) groups excluding carboxylic acids is 3. The van der Waals surface area contributed by atoms with Gasteiger partial charge in [0.15, 0.2) is 24.8 Å². The highest BCUT2D eigenvalue weighted by molar-refractivity contribution is 5.90. The third kappa shape index (κ3) is 14.5. The Labute approximate surface area is 442 Å². The van der Waals surface area contributed by atoms with Gasteiger partial charge < -0.3 is 52.1 Å². The van der Waals surface area contributed by atoms with Crippen LogP contribution in [0.1, 0.15) is 53.3 Å². The largest absolute Gasteiger partial charge is 0.459 e. The molecule has 2 heterocycles. The average Bonchev–Trinajstić information content (AvgIpc) is 3.48. The molecule has 0 N–H and O–H groups in total. The van der Waals surface area contributed by atoms with Crippen LogP contribution in [0.25, 0.3) is 0 Å². The predicted molar refractivity (Wildman–Crippen MR) is 278 cm³/mol. The van der Waals surface area contributed by atoms with E-state index in [0.29, 0.717) is 0 Å². The molecule has 0 spiro atoms. The molecule has 0 radical (unpaired) electrons. The van der Waals surface area contributed by atoms with Crippen LogP contribution in [0.15, 0.2) is 212 Å². The summed E-state index contributed by atoms with van der Waals surface area (Å²) in [7, 11) is 1.36. The van der Waals surface area contributed by atoms with Gasteiger partial charge in [-0.2, -0.15) is 0 Å². The third-order valence-electron chi connectivity index (χ3n) is 12.8. The van der Waals surface area contributed by atoms with Crippen LogP contribution in [-0.2, 0) is 78.5 Å². The maximum absolute atomic E-state index is 14.4. The molecule has 14 nitrogen and oxygen atoms in total. The molecule has 0 aromatic heterocycles. The normalized spacial score (nSPS) is 23.2. The fourth-order valence-electron chi connectivity index (χ4n) is 8.98. The summed E-state index contributed by atoms with van der Waals surface area (Å²) in [5, 5.41) is 0. The molecule has 14 heteroatoms. The molecule has 2 fully saturated rings. The maximum atomic E-state index is 14.4. The van der Waals surface area contributed by atoms with E-state index in [0.717, 1.165) is 22.3 Å². The summed E-state index contributed by atoms with van der Waals surface area (Å²) in [5.74, 6) is -2.19. The molecule has 2 aliphatic rings. The van der Waals surface area contributed by atoms with Crippen molar-refractivity contribution in [3.8, 4) is 0 Å². The average molecular weight is 1030 g/mol. The van der Waals surface area contributed by atoms with Crippen molar-refractivity contribution in [1.29, 1.82) is 0 Å². The predicted octanol–water partition coefficient (Wildman–Crippen LogP) is 9.75. The molecule has 0 amide bonds. The lowest BCUT2D eigenvalue weighted by molar-refractivity contribution is -0.367. The van der Waals surface area contributed by atoms with Gasteiger partial charge in [0.1, 0.15) is 43.2 Å². The fourth-order valence-corrected chi connectivity index (χ4v) is 8.98. The van der Waals surface area contributed by atoms with Gasteiger partial charge in [-0.25, -0.2) is 14.4 Å². The van der Waals surface area contributed by atoms with E-state index in [-0.39, 0.29) is 49.7 Å². The highest BCUT2D eigenvalue weighted by Crippen LogP contribution is 2.37. The molecule has 2 aliphatic heterocycles. The molecule has 0 unspecified atom stereocenters. The number of hydrogen-bond acceptors (Lipinski definition) is 14. The van der Waals surface area contributed by atoms with Crippen molar-refractivity contribution in [2.75, 3.05) is 20.3 Å². The van der Waals surface area contributed by atoms with Gasteiger partial charge in [-0.05, 0) is 58.7 Å². The highest BCUT2D eigenvalue weighted by Gasteiger charge is 2.56. The first-order valence-corrected chi connectivity index (χ1v) is 25.2. The van der Waals surface area contributed by atoms with E-state index < -0.39 is 85.9 Å². The van der Waals surface area contributed by atoms with Gasteiger partial charge in [-0.3, -0.25) is 0 Å². The second-order valence-corrected chi connectivity index (χ2v) is 18.1. The van der Waals surface area contributed by atoms with Crippen LogP contribution in [0, 0.1) is 0 Å². The van der Waals surface area contributed by atoms with E-state index >= 15 is 0 Å². The monoisotopic (exact) mass is 1030 g/mol. The van der Waals surface area contributed by atoms with Crippen molar-refractivity contribution < 1.29 is 66.5 Å². The Kier molecular flexibility index (Phi) is 19.3. The van der Waals surface area contributed by atoms with E-state index in [2.05, 4.69) is 0 Å². The van der Waals surface area contributed by atoms with Gasteiger partial charge in [0.25, 0.3) is 0 Å². The van der Waals surface area contributed by atoms with Crippen molar-refractivity contribution in [2.45, 2.75) is 87.8 Å². The first kappa shape index (κ1) is 53.5. The maximum Gasteiger partial charge on any atom is 0.338 e. The Morgan fingerprint density at radius 3 is 1.20 bits per heavy atom. The quantitative estimate of drug-likeness (QED) is 0.0441. The smallest absolute Gasteiger partial charge is 0.338 e. The van der Waals surface area contributed by atoms with Crippen LogP contribution < -0.4 is 0 Å². The molecule has 76 heavy (non-hydrogen) atoms. The zero-order valence-corrected chi connectivity index (χ0v) is 41.9. The summed E-state index contributed by atoms with van der Waals surface area (Å²) in [6, 6.07) is 64.0. The molecule has 7 aromatic carbocycles. The van der Waals surface area contributed by atoms with Gasteiger partial charge in [0.05, 0.1) is 49.7 Å². The molecule has 392 valence electrons. The number of carbonyl (C=O) groups is 3. The molecule has 2 saturated heterocycles. The number of rotatable bonds is 23. The van der Waals surface area contributed by atoms with Gasteiger partial charge in [0.2, 0.25) is 0 Å². The molecule has 9 rings (SSSR count). The Balaban J connectivity index is 1.14. The molecule has 7 aromatic rings. The molecule has 0 bridgehead atoms. The summed E-state index contributed by atoms with van der Waals surface area (Å²) >= 11 is 0. The minimum atomic E-state index is -1.51. The summed E-state index contributed by atoms with van der Waals surface area (Å²) in [4.78, 5) is 42.2. The molecule has 10 atom stereocenters. The zero-order valence-electron chi connectivity index (χ0n) is 41.9. The summed E-state index contributed by atoms with van der Waals surface area (Å²) in [6.07, 6.45) is -12.2. The first-order chi connectivity index (χ1) is 37.4. The zero-order chi connectivity index (χ0) is 52.3. The standard InChI is InChI=1S/C62H60O14/c1-66-61-57(75-60(65)49-35-21-8-22-36-49)55(74-59(64)48-33-19-7-20-34-48)53(51(72-61)42-71-58(63)47-31-17-6-18-32-47)76-62-56(70-40-46-29-15-5-16-30-46)54(69-39-45-27-13-4-14-28-45)52(68-38-44-25-11-3-12-26-44)50(73-62)41-67-37-43-23-9-2-10-24-43/h2-36,50-57,61-62H,37-42H2,1H3/t50-,51-,52-,53+,54+,55+,56+,57-,61+,62-/m1/s1. The number of esters is 3. The molecular weight excluding hydrogens is 969 g/mol. The number of benzene rings is 7. The van der Waals surface area contributed by atoms with Crippen LogP contribution in [0.4, 0.5) is 0 Å². The van der Waals surface area contributed by atoms with Crippen LogP contribution in [0.2, 0.25) is 0 Å². The summed E-state index contributed by atoms with van der Waals surface area (Å²) in [6.45, 7) is 0.203. The first-order valence-electron chi connectivity index (χ1n) is 25.2. The van der Waals surface area contributed by atoms with E-state index in [4.69, 9.17) is 52.1 Å². The van der Waals surface area contributed by atoms with Crippen LogP contribution >= 0.6 is 0 Å². The SMILES string of the molecule is CO[C@H]1O[C@H](COC(=O)c2ccccc2)[C@H](O[C@H]2O[C@H](COCc3ccccc3)[C@@H](OCc3ccccc3)[C@H](OCc3ccccc3)[C@@H]2OCc2ccccc2)[C@H](OC(=O)c2ccccc2)[C@H]1OC(=O)c1ccccc1. The van der Waals surface area contributed by atoms with Crippen molar-refractivity contribution in [3.05, 3.63) is 251 Å². The van der Waals surface area contributed by atoms with E-state index in [9.17, 15) is 14.4 Å². The highest BCUT2D eigenvalue weighted by atomic mass is 16.8. The lowest BCUT2D eigenvalue weighted by Crippen LogP contribution is -2.67. The van der Waals surface area contributed by atoms with Gasteiger partial charge in [-0.1, -0.05) is 176 Å². The van der Waals surface area contributed by atoms with E-state index in [1.165, 1.54) is 7.11 Å². The fraction of sp³-hybridized carbons (Fsp3) is 0.274. The van der Waals surface area contributed by atoms with Crippen molar-refractivity contribution >= 4 is 17.9 Å². The lowest BCUT2D eigenvalue weighted by atomic mass is 9.95. The number of hydrogen-bond donors (Lipinski definition) is 0. The second kappa shape index (κ2) is 27.4. The molecule has 0 saturated carbocycles. The van der Waals surface area contributed by atoms with E-state index in [1.807, 2.05) is 121 Å². The Bertz CT molecular complexity index is 2830. The van der Waals surface area contributed by atoms with Gasteiger partial charge in [0, 0.05) is 7.11 Å². The van der Waals surface area contributed by atoms with E-state index in [1.54, 1.807) is 91.0 Å². The Morgan fingerprint density at radius 2 is 0.737 bits per heavy atom.